The van der Waals surface area contributed by atoms with Crippen molar-refractivity contribution in [3.05, 3.63) is 82.8 Å². The highest BCUT2D eigenvalue weighted by atomic mass is 79.9. The lowest BCUT2D eigenvalue weighted by atomic mass is 10.2. The average Bonchev–Trinajstić information content (AvgIpc) is 2.61. The van der Waals surface area contributed by atoms with E-state index in [1.807, 2.05) is 54.6 Å². The van der Waals surface area contributed by atoms with Crippen LogP contribution >= 0.6 is 27.9 Å². The van der Waals surface area contributed by atoms with Gasteiger partial charge >= 0.3 is 0 Å². The molecule has 0 saturated carbocycles. The van der Waals surface area contributed by atoms with Gasteiger partial charge in [-0.05, 0) is 60.5 Å². The van der Waals surface area contributed by atoms with E-state index in [2.05, 4.69) is 38.1 Å². The van der Waals surface area contributed by atoms with Crippen LogP contribution in [0.4, 0.5) is 11.4 Å². The molecular weight excluding hydrogens is 384 g/mol. The Bertz CT molecular complexity index is 794. The zero-order chi connectivity index (χ0) is 16.8. The SMILES string of the molecule is Oc1cc(Br)ccc1CNc1ccc(SNc2ccccc2)cc1. The maximum absolute atomic E-state index is 9.91. The third-order valence-corrected chi connectivity index (χ3v) is 4.78. The summed E-state index contributed by atoms with van der Waals surface area (Å²) in [6.45, 7) is 0.577. The molecule has 0 aromatic heterocycles. The Morgan fingerprint density at radius 2 is 1.62 bits per heavy atom. The van der Waals surface area contributed by atoms with E-state index >= 15 is 0 Å². The van der Waals surface area contributed by atoms with Gasteiger partial charge in [0.05, 0.1) is 0 Å². The van der Waals surface area contributed by atoms with Gasteiger partial charge in [-0.25, -0.2) is 0 Å². The molecule has 0 saturated heterocycles. The predicted octanol–water partition coefficient (Wildman–Crippen LogP) is 5.89. The third kappa shape index (κ3) is 4.69. The number of para-hydroxylation sites is 1. The molecule has 0 atom stereocenters. The van der Waals surface area contributed by atoms with Crippen molar-refractivity contribution in [3.8, 4) is 5.75 Å². The van der Waals surface area contributed by atoms with Crippen LogP contribution in [0.1, 0.15) is 5.56 Å². The number of hydrogen-bond donors (Lipinski definition) is 3. The number of aromatic hydroxyl groups is 1. The maximum Gasteiger partial charge on any atom is 0.121 e. The summed E-state index contributed by atoms with van der Waals surface area (Å²) in [5, 5.41) is 13.2. The van der Waals surface area contributed by atoms with E-state index in [0.717, 1.165) is 26.3 Å². The highest BCUT2D eigenvalue weighted by molar-refractivity contribution is 9.10. The zero-order valence-corrected chi connectivity index (χ0v) is 15.3. The standard InChI is InChI=1S/C19H17BrN2OS/c20-15-7-6-14(19(23)12-15)13-21-16-8-10-18(11-9-16)24-22-17-4-2-1-3-5-17/h1-12,21-23H,13H2. The minimum Gasteiger partial charge on any atom is -0.508 e. The third-order valence-electron chi connectivity index (χ3n) is 3.45. The molecule has 0 aliphatic heterocycles. The van der Waals surface area contributed by atoms with Gasteiger partial charge in [-0.3, -0.25) is 0 Å². The Morgan fingerprint density at radius 3 is 2.33 bits per heavy atom. The molecule has 0 radical (unpaired) electrons. The second-order valence-electron chi connectivity index (χ2n) is 5.22. The summed E-state index contributed by atoms with van der Waals surface area (Å²) in [6.07, 6.45) is 0. The van der Waals surface area contributed by atoms with Crippen molar-refractivity contribution in [2.45, 2.75) is 11.4 Å². The summed E-state index contributed by atoms with van der Waals surface area (Å²) < 4.78 is 4.18. The lowest BCUT2D eigenvalue weighted by Crippen LogP contribution is -1.99. The number of nitrogens with one attached hydrogen (secondary N) is 2. The molecule has 3 nitrogen and oxygen atoms in total. The molecule has 0 bridgehead atoms. The van der Waals surface area contributed by atoms with Crippen LogP contribution in [0.15, 0.2) is 82.2 Å². The molecular formula is C19H17BrN2OS. The molecule has 0 aliphatic rings. The van der Waals surface area contributed by atoms with Crippen molar-refractivity contribution < 1.29 is 5.11 Å². The molecule has 3 N–H and O–H groups in total. The van der Waals surface area contributed by atoms with Gasteiger partial charge in [-0.1, -0.05) is 40.2 Å². The van der Waals surface area contributed by atoms with Gasteiger partial charge < -0.3 is 15.1 Å². The van der Waals surface area contributed by atoms with Crippen molar-refractivity contribution in [2.75, 3.05) is 10.0 Å². The lowest BCUT2D eigenvalue weighted by Gasteiger charge is -2.10. The predicted molar refractivity (Wildman–Crippen MR) is 105 cm³/mol. The first-order chi connectivity index (χ1) is 11.7. The molecule has 5 heteroatoms. The summed E-state index contributed by atoms with van der Waals surface area (Å²) in [7, 11) is 0. The number of rotatable bonds is 6. The van der Waals surface area contributed by atoms with Gasteiger partial charge in [0.15, 0.2) is 0 Å². The Balaban J connectivity index is 1.54. The molecule has 0 amide bonds. The van der Waals surface area contributed by atoms with Gasteiger partial charge in [-0.2, -0.15) is 0 Å². The number of phenolic OH excluding ortho intramolecular Hbond substituents is 1. The molecule has 0 spiro atoms. The monoisotopic (exact) mass is 400 g/mol. The van der Waals surface area contributed by atoms with Crippen molar-refractivity contribution in [2.24, 2.45) is 0 Å². The van der Waals surface area contributed by atoms with E-state index < -0.39 is 0 Å². The van der Waals surface area contributed by atoms with E-state index in [9.17, 15) is 5.11 Å². The average molecular weight is 401 g/mol. The zero-order valence-electron chi connectivity index (χ0n) is 12.9. The van der Waals surface area contributed by atoms with Crippen LogP contribution in [0, 0.1) is 0 Å². The topological polar surface area (TPSA) is 44.3 Å². The second-order valence-corrected chi connectivity index (χ2v) is 7.02. The summed E-state index contributed by atoms with van der Waals surface area (Å²) in [5.41, 5.74) is 2.96. The molecule has 0 fully saturated rings. The quantitative estimate of drug-likeness (QED) is 0.451. The highest BCUT2D eigenvalue weighted by Crippen LogP contribution is 2.25. The van der Waals surface area contributed by atoms with E-state index in [1.54, 1.807) is 18.0 Å². The van der Waals surface area contributed by atoms with E-state index in [4.69, 9.17) is 0 Å². The fourth-order valence-electron chi connectivity index (χ4n) is 2.15. The smallest absolute Gasteiger partial charge is 0.121 e. The lowest BCUT2D eigenvalue weighted by molar-refractivity contribution is 0.468. The van der Waals surface area contributed by atoms with Crippen molar-refractivity contribution in [1.82, 2.24) is 0 Å². The van der Waals surface area contributed by atoms with Gasteiger partial charge in [0, 0.05) is 32.9 Å². The van der Waals surface area contributed by atoms with Crippen molar-refractivity contribution in [1.29, 1.82) is 0 Å². The number of hydrogen-bond acceptors (Lipinski definition) is 4. The largest absolute Gasteiger partial charge is 0.508 e. The summed E-state index contributed by atoms with van der Waals surface area (Å²) in [6, 6.07) is 23.8. The number of phenols is 1. The van der Waals surface area contributed by atoms with Crippen molar-refractivity contribution in [3.63, 3.8) is 0 Å². The van der Waals surface area contributed by atoms with Crippen LogP contribution in [0.5, 0.6) is 5.75 Å². The Morgan fingerprint density at radius 1 is 0.875 bits per heavy atom. The normalized spacial score (nSPS) is 10.4. The summed E-state index contributed by atoms with van der Waals surface area (Å²) in [4.78, 5) is 1.14. The molecule has 3 rings (SSSR count). The highest BCUT2D eigenvalue weighted by Gasteiger charge is 2.02. The first-order valence-corrected chi connectivity index (χ1v) is 9.11. The number of halogens is 1. The maximum atomic E-state index is 9.91. The van der Waals surface area contributed by atoms with Crippen LogP contribution in [0.25, 0.3) is 0 Å². The molecule has 0 unspecified atom stereocenters. The molecule has 24 heavy (non-hydrogen) atoms. The van der Waals surface area contributed by atoms with Crippen LogP contribution < -0.4 is 10.0 Å². The minimum absolute atomic E-state index is 0.288. The number of benzene rings is 3. The van der Waals surface area contributed by atoms with E-state index in [-0.39, 0.29) is 5.75 Å². The number of anilines is 2. The fraction of sp³-hybridized carbons (Fsp3) is 0.0526. The summed E-state index contributed by atoms with van der Waals surface area (Å²) in [5.74, 6) is 0.288. The Labute approximate surface area is 154 Å². The molecule has 3 aromatic carbocycles. The van der Waals surface area contributed by atoms with Gasteiger partial charge in [0.1, 0.15) is 5.75 Å². The van der Waals surface area contributed by atoms with Crippen LogP contribution in [0.3, 0.4) is 0 Å². The molecule has 0 aliphatic carbocycles. The summed E-state index contributed by atoms with van der Waals surface area (Å²) >= 11 is 4.92. The molecule has 122 valence electrons. The van der Waals surface area contributed by atoms with Gasteiger partial charge in [0.25, 0.3) is 0 Å². The fourth-order valence-corrected chi connectivity index (χ4v) is 3.14. The first-order valence-electron chi connectivity index (χ1n) is 7.50. The minimum atomic E-state index is 0.288. The van der Waals surface area contributed by atoms with E-state index in [0.29, 0.717) is 6.54 Å². The van der Waals surface area contributed by atoms with Crippen LogP contribution in [-0.4, -0.2) is 5.11 Å². The Hall–Kier alpha value is -2.11. The van der Waals surface area contributed by atoms with Crippen LogP contribution in [-0.2, 0) is 6.54 Å². The van der Waals surface area contributed by atoms with E-state index in [1.165, 1.54) is 0 Å². The molecule has 3 aromatic rings. The van der Waals surface area contributed by atoms with Crippen LogP contribution in [0.2, 0.25) is 0 Å². The second kappa shape index (κ2) is 8.13. The molecule has 0 heterocycles. The van der Waals surface area contributed by atoms with Crippen molar-refractivity contribution >= 4 is 39.3 Å². The van der Waals surface area contributed by atoms with Gasteiger partial charge in [-0.15, -0.1) is 0 Å². The first kappa shape index (κ1) is 16.7. The van der Waals surface area contributed by atoms with Gasteiger partial charge in [0.2, 0.25) is 0 Å². The Kier molecular flexibility index (Phi) is 5.67.